The molecule has 0 radical (unpaired) electrons. The molecular formula is C15H27NO4. The molecule has 0 aliphatic carbocycles. The van der Waals surface area contributed by atoms with E-state index in [1.165, 1.54) is 0 Å². The van der Waals surface area contributed by atoms with Crippen LogP contribution in [0.3, 0.4) is 0 Å². The summed E-state index contributed by atoms with van der Waals surface area (Å²) in [4.78, 5) is 23.1. The van der Waals surface area contributed by atoms with Crippen LogP contribution < -0.4 is 5.32 Å². The highest BCUT2D eigenvalue weighted by molar-refractivity contribution is 5.80. The number of alkyl carbamates (subject to hydrolysis) is 1. The van der Waals surface area contributed by atoms with Crippen LogP contribution in [0.5, 0.6) is 0 Å². The Morgan fingerprint density at radius 3 is 2.45 bits per heavy atom. The van der Waals surface area contributed by atoms with Crippen molar-refractivity contribution in [1.29, 1.82) is 0 Å². The van der Waals surface area contributed by atoms with E-state index >= 15 is 0 Å². The van der Waals surface area contributed by atoms with Crippen LogP contribution in [-0.4, -0.2) is 30.3 Å². The van der Waals surface area contributed by atoms with Crippen molar-refractivity contribution < 1.29 is 19.1 Å². The summed E-state index contributed by atoms with van der Waals surface area (Å²) in [6, 6.07) is -0.708. The third-order valence-electron chi connectivity index (χ3n) is 2.33. The van der Waals surface area contributed by atoms with E-state index in [-0.39, 0.29) is 0 Å². The van der Waals surface area contributed by atoms with Gasteiger partial charge in [-0.25, -0.2) is 9.59 Å². The van der Waals surface area contributed by atoms with Gasteiger partial charge in [-0.05, 0) is 53.9 Å². The van der Waals surface area contributed by atoms with Gasteiger partial charge in [0.15, 0.2) is 0 Å². The van der Waals surface area contributed by atoms with Crippen molar-refractivity contribution in [3.63, 3.8) is 0 Å². The summed E-state index contributed by atoms with van der Waals surface area (Å²) in [6.45, 7) is 9.22. The van der Waals surface area contributed by atoms with Crippen molar-refractivity contribution in [2.75, 3.05) is 6.61 Å². The van der Waals surface area contributed by atoms with Crippen molar-refractivity contribution in [2.24, 2.45) is 0 Å². The van der Waals surface area contributed by atoms with Gasteiger partial charge in [-0.1, -0.05) is 12.2 Å². The molecule has 0 fully saturated rings. The average molecular weight is 285 g/mol. The number of unbranched alkanes of at least 4 members (excludes halogenated alkanes) is 2. The zero-order chi connectivity index (χ0) is 15.6. The second-order valence-corrected chi connectivity index (χ2v) is 5.60. The molecule has 0 aliphatic heterocycles. The van der Waals surface area contributed by atoms with Crippen LogP contribution in [-0.2, 0) is 14.3 Å². The van der Waals surface area contributed by atoms with Gasteiger partial charge in [0.2, 0.25) is 0 Å². The number of hydrogen-bond donors (Lipinski definition) is 1. The van der Waals surface area contributed by atoms with Gasteiger partial charge in [-0.2, -0.15) is 0 Å². The van der Waals surface area contributed by atoms with E-state index in [0.717, 1.165) is 19.3 Å². The van der Waals surface area contributed by atoms with E-state index in [2.05, 4.69) is 11.4 Å². The molecular weight excluding hydrogens is 258 g/mol. The maximum absolute atomic E-state index is 11.6. The monoisotopic (exact) mass is 285 g/mol. The van der Waals surface area contributed by atoms with E-state index in [1.54, 1.807) is 27.7 Å². The summed E-state index contributed by atoms with van der Waals surface area (Å²) < 4.78 is 10.1. The molecule has 5 nitrogen and oxygen atoms in total. The van der Waals surface area contributed by atoms with Crippen molar-refractivity contribution in [1.82, 2.24) is 5.32 Å². The second kappa shape index (κ2) is 9.39. The zero-order valence-electron chi connectivity index (χ0n) is 13.2. The molecule has 20 heavy (non-hydrogen) atoms. The normalized spacial score (nSPS) is 13.1. The molecule has 1 N–H and O–H groups in total. The van der Waals surface area contributed by atoms with E-state index in [0.29, 0.717) is 6.61 Å². The fourth-order valence-electron chi connectivity index (χ4n) is 1.37. The quantitative estimate of drug-likeness (QED) is 0.443. The van der Waals surface area contributed by atoms with Gasteiger partial charge < -0.3 is 14.8 Å². The van der Waals surface area contributed by atoms with Crippen molar-refractivity contribution in [3.8, 4) is 0 Å². The van der Waals surface area contributed by atoms with Crippen LogP contribution in [0.4, 0.5) is 4.79 Å². The Balaban J connectivity index is 3.84. The molecule has 116 valence electrons. The summed E-state index contributed by atoms with van der Waals surface area (Å²) in [5.74, 6) is -0.443. The predicted molar refractivity (Wildman–Crippen MR) is 78.5 cm³/mol. The Bertz CT molecular complexity index is 331. The van der Waals surface area contributed by atoms with Gasteiger partial charge in [-0.15, -0.1) is 0 Å². The lowest BCUT2D eigenvalue weighted by molar-refractivity contribution is -0.145. The molecule has 0 heterocycles. The van der Waals surface area contributed by atoms with Crippen LogP contribution in [0.25, 0.3) is 0 Å². The highest BCUT2D eigenvalue weighted by Crippen LogP contribution is 2.07. The number of esters is 1. The fourth-order valence-corrected chi connectivity index (χ4v) is 1.37. The number of hydrogen-bond acceptors (Lipinski definition) is 4. The molecule has 1 amide bonds. The molecule has 0 bridgehead atoms. The molecule has 0 spiro atoms. The van der Waals surface area contributed by atoms with Gasteiger partial charge in [0, 0.05) is 0 Å². The van der Waals surface area contributed by atoms with Gasteiger partial charge in [0.25, 0.3) is 0 Å². The number of allylic oxidation sites excluding steroid dienone is 2. The summed E-state index contributed by atoms with van der Waals surface area (Å²) in [7, 11) is 0. The molecule has 1 atom stereocenters. The van der Waals surface area contributed by atoms with Gasteiger partial charge >= 0.3 is 12.1 Å². The van der Waals surface area contributed by atoms with Crippen molar-refractivity contribution in [2.45, 2.75) is 65.5 Å². The van der Waals surface area contributed by atoms with Crippen LogP contribution in [0.1, 0.15) is 53.9 Å². The number of carbonyl (C=O) groups excluding carboxylic acids is 2. The smallest absolute Gasteiger partial charge is 0.408 e. The lowest BCUT2D eigenvalue weighted by Crippen LogP contribution is -2.42. The molecule has 0 unspecified atom stereocenters. The van der Waals surface area contributed by atoms with Gasteiger partial charge in [0.1, 0.15) is 11.6 Å². The van der Waals surface area contributed by atoms with Gasteiger partial charge in [-0.3, -0.25) is 0 Å². The minimum Gasteiger partial charge on any atom is -0.464 e. The number of ether oxygens (including phenoxy) is 2. The molecule has 0 aliphatic rings. The minimum absolute atomic E-state index is 0.372. The topological polar surface area (TPSA) is 64.6 Å². The lowest BCUT2D eigenvalue weighted by Gasteiger charge is -2.21. The number of rotatable bonds is 7. The Hall–Kier alpha value is -1.52. The van der Waals surface area contributed by atoms with Crippen LogP contribution >= 0.6 is 0 Å². The SMILES string of the molecule is C/C=C/CCCCOC(=O)[C@H](C)NC(=O)OC(C)(C)C. The number of nitrogens with one attached hydrogen (secondary N) is 1. The average Bonchev–Trinajstić information content (AvgIpc) is 2.30. The standard InChI is InChI=1S/C15H27NO4/c1-6-7-8-9-10-11-19-13(17)12(2)16-14(18)20-15(3,4)5/h6-7,12H,8-11H2,1-5H3,(H,16,18)/b7-6+/t12-/m0/s1. The predicted octanol–water partition coefficient (Wildman–Crippen LogP) is 3.19. The van der Waals surface area contributed by atoms with E-state index in [9.17, 15) is 9.59 Å². The third kappa shape index (κ3) is 10.4. The first-order chi connectivity index (χ1) is 9.26. The molecule has 0 aromatic rings. The number of amides is 1. The fraction of sp³-hybridized carbons (Fsp3) is 0.733. The molecule has 0 aromatic carbocycles. The first-order valence-electron chi connectivity index (χ1n) is 7.03. The van der Waals surface area contributed by atoms with Gasteiger partial charge in [0.05, 0.1) is 6.61 Å². The molecule has 0 aromatic heterocycles. The Morgan fingerprint density at radius 2 is 1.90 bits per heavy atom. The first kappa shape index (κ1) is 18.5. The Morgan fingerprint density at radius 1 is 1.25 bits per heavy atom. The Kier molecular flexibility index (Phi) is 8.68. The maximum Gasteiger partial charge on any atom is 0.408 e. The summed E-state index contributed by atoms with van der Waals surface area (Å²) >= 11 is 0. The molecule has 0 rings (SSSR count). The first-order valence-corrected chi connectivity index (χ1v) is 7.03. The highest BCUT2D eigenvalue weighted by Gasteiger charge is 2.21. The third-order valence-corrected chi connectivity index (χ3v) is 2.33. The Labute approximate surface area is 121 Å². The molecule has 0 saturated carbocycles. The summed E-state index contributed by atoms with van der Waals surface area (Å²) in [5, 5.41) is 2.45. The maximum atomic E-state index is 11.6. The van der Waals surface area contributed by atoms with Crippen LogP contribution in [0.15, 0.2) is 12.2 Å². The minimum atomic E-state index is -0.708. The molecule has 5 heteroatoms. The largest absolute Gasteiger partial charge is 0.464 e. The molecule has 0 saturated heterocycles. The summed E-state index contributed by atoms with van der Waals surface area (Å²) in [6.07, 6.45) is 6.24. The van der Waals surface area contributed by atoms with Crippen LogP contribution in [0, 0.1) is 0 Å². The van der Waals surface area contributed by atoms with Crippen molar-refractivity contribution in [3.05, 3.63) is 12.2 Å². The zero-order valence-corrected chi connectivity index (χ0v) is 13.2. The van der Waals surface area contributed by atoms with Crippen molar-refractivity contribution >= 4 is 12.1 Å². The van der Waals surface area contributed by atoms with E-state index < -0.39 is 23.7 Å². The second-order valence-electron chi connectivity index (χ2n) is 5.60. The lowest BCUT2D eigenvalue weighted by atomic mass is 10.2. The highest BCUT2D eigenvalue weighted by atomic mass is 16.6. The summed E-state index contributed by atoms with van der Waals surface area (Å²) in [5.41, 5.74) is -0.583. The van der Waals surface area contributed by atoms with Crippen LogP contribution in [0.2, 0.25) is 0 Å². The van der Waals surface area contributed by atoms with E-state index in [4.69, 9.17) is 9.47 Å². The number of carbonyl (C=O) groups is 2. The van der Waals surface area contributed by atoms with E-state index in [1.807, 2.05) is 13.0 Å².